The molecule has 1 aromatic heterocycles. The van der Waals surface area contributed by atoms with Gasteiger partial charge in [0.05, 0.1) is 25.0 Å². The number of carbonyl (C=O) groups excluding carboxylic acids is 1. The quantitative estimate of drug-likeness (QED) is 0.468. The van der Waals surface area contributed by atoms with Gasteiger partial charge in [-0.1, -0.05) is 55.8 Å². The molecule has 2 aromatic carbocycles. The molecule has 0 bridgehead atoms. The van der Waals surface area contributed by atoms with E-state index in [0.29, 0.717) is 23.5 Å². The highest BCUT2D eigenvalue weighted by Crippen LogP contribution is 2.25. The third kappa shape index (κ3) is 5.06. The molecule has 0 atom stereocenters. The predicted octanol–water partition coefficient (Wildman–Crippen LogP) is 4.57. The lowest BCUT2D eigenvalue weighted by atomic mass is 9.98. The number of rotatable bonds is 10. The SMILES string of the molecule is CCCCc1nc(COC)c(C(=O)OC)n1Cc1ccc(-c2ccccc2C(=O)O)cc1. The highest BCUT2D eigenvalue weighted by Gasteiger charge is 2.23. The Labute approximate surface area is 187 Å². The molecule has 0 aliphatic carbocycles. The van der Waals surface area contributed by atoms with E-state index < -0.39 is 11.9 Å². The van der Waals surface area contributed by atoms with Crippen molar-refractivity contribution >= 4 is 11.9 Å². The summed E-state index contributed by atoms with van der Waals surface area (Å²) in [5.41, 5.74) is 3.67. The van der Waals surface area contributed by atoms with E-state index in [2.05, 4.69) is 11.9 Å². The van der Waals surface area contributed by atoms with Crippen molar-refractivity contribution < 1.29 is 24.2 Å². The molecule has 0 aliphatic heterocycles. The number of aromatic nitrogens is 2. The number of imidazole rings is 1. The Kier molecular flexibility index (Phi) is 7.78. The molecule has 3 aromatic rings. The van der Waals surface area contributed by atoms with Crippen molar-refractivity contribution in [3.8, 4) is 11.1 Å². The van der Waals surface area contributed by atoms with Gasteiger partial charge in [0.15, 0.2) is 5.69 Å². The number of carbonyl (C=O) groups is 2. The molecule has 32 heavy (non-hydrogen) atoms. The topological polar surface area (TPSA) is 90.7 Å². The lowest BCUT2D eigenvalue weighted by molar-refractivity contribution is 0.0582. The number of esters is 1. The number of aromatic carboxylic acids is 1. The van der Waals surface area contributed by atoms with Crippen LogP contribution in [0.25, 0.3) is 11.1 Å². The second-order valence-corrected chi connectivity index (χ2v) is 7.49. The summed E-state index contributed by atoms with van der Waals surface area (Å²) in [5, 5.41) is 9.47. The normalized spacial score (nSPS) is 10.8. The summed E-state index contributed by atoms with van der Waals surface area (Å²) >= 11 is 0. The fourth-order valence-corrected chi connectivity index (χ4v) is 3.71. The van der Waals surface area contributed by atoms with Crippen molar-refractivity contribution in [2.45, 2.75) is 39.3 Å². The first-order chi connectivity index (χ1) is 15.5. The average Bonchev–Trinajstić information content (AvgIpc) is 3.14. The zero-order valence-corrected chi connectivity index (χ0v) is 18.6. The summed E-state index contributed by atoms with van der Waals surface area (Å²) in [4.78, 5) is 28.8. The van der Waals surface area contributed by atoms with Crippen LogP contribution < -0.4 is 0 Å². The van der Waals surface area contributed by atoms with Gasteiger partial charge in [0, 0.05) is 20.1 Å². The number of aryl methyl sites for hydroxylation is 1. The molecule has 7 nitrogen and oxygen atoms in total. The molecule has 0 fully saturated rings. The molecule has 7 heteroatoms. The number of carboxylic acids is 1. The molecular formula is C25H28N2O5. The maximum absolute atomic E-state index is 12.6. The van der Waals surface area contributed by atoms with Gasteiger partial charge in [0.1, 0.15) is 5.82 Å². The molecule has 3 rings (SSSR count). The standard InChI is InChI=1S/C25H28N2O5/c1-4-5-10-22-26-21(16-31-2)23(25(30)32-3)27(22)15-17-11-13-18(14-12-17)19-8-6-7-9-20(19)24(28)29/h6-9,11-14H,4-5,10,15-16H2,1-3H3,(H,28,29). The number of methoxy groups -OCH3 is 2. The van der Waals surface area contributed by atoms with Gasteiger partial charge in [-0.3, -0.25) is 0 Å². The maximum atomic E-state index is 12.6. The van der Waals surface area contributed by atoms with Gasteiger partial charge in [-0.25, -0.2) is 14.6 Å². The van der Waals surface area contributed by atoms with Crippen LogP contribution in [-0.4, -0.2) is 40.8 Å². The van der Waals surface area contributed by atoms with E-state index in [9.17, 15) is 14.7 Å². The van der Waals surface area contributed by atoms with Crippen LogP contribution >= 0.6 is 0 Å². The van der Waals surface area contributed by atoms with Crippen LogP contribution in [0.4, 0.5) is 0 Å². The highest BCUT2D eigenvalue weighted by molar-refractivity contribution is 5.96. The van der Waals surface area contributed by atoms with Gasteiger partial charge >= 0.3 is 11.9 Å². The van der Waals surface area contributed by atoms with Crippen molar-refractivity contribution in [2.75, 3.05) is 14.2 Å². The lowest BCUT2D eigenvalue weighted by Gasteiger charge is -2.13. The number of hydrogen-bond donors (Lipinski definition) is 1. The molecule has 0 radical (unpaired) electrons. The van der Waals surface area contributed by atoms with Gasteiger partial charge in [-0.2, -0.15) is 0 Å². The van der Waals surface area contributed by atoms with Crippen molar-refractivity contribution in [1.82, 2.24) is 9.55 Å². The first kappa shape index (κ1) is 23.2. The zero-order chi connectivity index (χ0) is 23.1. The first-order valence-electron chi connectivity index (χ1n) is 10.6. The Hall–Kier alpha value is -3.45. The first-order valence-corrected chi connectivity index (χ1v) is 10.6. The molecule has 1 heterocycles. The van der Waals surface area contributed by atoms with Crippen LogP contribution in [0.5, 0.6) is 0 Å². The maximum Gasteiger partial charge on any atom is 0.356 e. The molecule has 0 saturated carbocycles. The minimum absolute atomic E-state index is 0.224. The minimum atomic E-state index is -0.961. The second-order valence-electron chi connectivity index (χ2n) is 7.49. The molecule has 0 saturated heterocycles. The molecule has 1 N–H and O–H groups in total. The zero-order valence-electron chi connectivity index (χ0n) is 18.6. The number of ether oxygens (including phenoxy) is 2. The Morgan fingerprint density at radius 1 is 1.06 bits per heavy atom. The summed E-state index contributed by atoms with van der Waals surface area (Å²) in [6.45, 7) is 2.78. The highest BCUT2D eigenvalue weighted by atomic mass is 16.5. The summed E-state index contributed by atoms with van der Waals surface area (Å²) in [6.07, 6.45) is 2.71. The van der Waals surface area contributed by atoms with Crippen LogP contribution in [-0.2, 0) is 29.0 Å². The predicted molar refractivity (Wildman–Crippen MR) is 121 cm³/mol. The smallest absolute Gasteiger partial charge is 0.356 e. The van der Waals surface area contributed by atoms with Gasteiger partial charge in [-0.05, 0) is 29.2 Å². The summed E-state index contributed by atoms with van der Waals surface area (Å²) in [5.74, 6) is -0.587. The van der Waals surface area contributed by atoms with E-state index in [4.69, 9.17) is 9.47 Å². The van der Waals surface area contributed by atoms with Crippen molar-refractivity contribution in [3.63, 3.8) is 0 Å². The second kappa shape index (κ2) is 10.7. The molecule has 168 valence electrons. The molecule has 0 aliphatic rings. The number of nitrogens with zero attached hydrogens (tertiary/aromatic N) is 2. The Balaban J connectivity index is 1.97. The molecule has 0 spiro atoms. The Morgan fingerprint density at radius 3 is 2.41 bits per heavy atom. The Morgan fingerprint density at radius 2 is 1.78 bits per heavy atom. The fourth-order valence-electron chi connectivity index (χ4n) is 3.71. The van der Waals surface area contributed by atoms with Gasteiger partial charge in [-0.15, -0.1) is 0 Å². The fraction of sp³-hybridized carbons (Fsp3) is 0.320. The van der Waals surface area contributed by atoms with Gasteiger partial charge in [0.25, 0.3) is 0 Å². The van der Waals surface area contributed by atoms with Crippen molar-refractivity contribution in [2.24, 2.45) is 0 Å². The van der Waals surface area contributed by atoms with E-state index >= 15 is 0 Å². The van der Waals surface area contributed by atoms with Crippen LogP contribution in [0.2, 0.25) is 0 Å². The van der Waals surface area contributed by atoms with Crippen molar-refractivity contribution in [1.29, 1.82) is 0 Å². The Bertz CT molecular complexity index is 1090. The number of unbranched alkanes of at least 4 members (excludes halogenated alkanes) is 1. The largest absolute Gasteiger partial charge is 0.478 e. The van der Waals surface area contributed by atoms with E-state index in [1.807, 2.05) is 34.9 Å². The van der Waals surface area contributed by atoms with Crippen molar-refractivity contribution in [3.05, 3.63) is 76.9 Å². The van der Waals surface area contributed by atoms with Crippen LogP contribution in [0.1, 0.15) is 57.7 Å². The van der Waals surface area contributed by atoms with Crippen LogP contribution in [0.3, 0.4) is 0 Å². The molecule has 0 unspecified atom stereocenters. The van der Waals surface area contributed by atoms with Gasteiger partial charge < -0.3 is 19.1 Å². The molecule has 0 amide bonds. The van der Waals surface area contributed by atoms with Gasteiger partial charge in [0.2, 0.25) is 0 Å². The van der Waals surface area contributed by atoms with E-state index in [1.165, 1.54) is 7.11 Å². The average molecular weight is 437 g/mol. The van der Waals surface area contributed by atoms with Crippen LogP contribution in [0, 0.1) is 0 Å². The van der Waals surface area contributed by atoms with E-state index in [1.54, 1.807) is 25.3 Å². The summed E-state index contributed by atoms with van der Waals surface area (Å²) in [7, 11) is 2.93. The van der Waals surface area contributed by atoms with E-state index in [0.717, 1.165) is 36.2 Å². The number of benzene rings is 2. The summed E-state index contributed by atoms with van der Waals surface area (Å²) < 4.78 is 12.2. The lowest BCUT2D eigenvalue weighted by Crippen LogP contribution is -2.15. The third-order valence-corrected chi connectivity index (χ3v) is 5.30. The molecular weight excluding hydrogens is 408 g/mol. The monoisotopic (exact) mass is 436 g/mol. The van der Waals surface area contributed by atoms with Crippen LogP contribution in [0.15, 0.2) is 48.5 Å². The number of carboxylic acid groups (broad SMARTS) is 1. The summed E-state index contributed by atoms with van der Waals surface area (Å²) in [6, 6.07) is 14.6. The van der Waals surface area contributed by atoms with E-state index in [-0.39, 0.29) is 12.2 Å². The number of hydrogen-bond acceptors (Lipinski definition) is 5. The third-order valence-electron chi connectivity index (χ3n) is 5.30. The minimum Gasteiger partial charge on any atom is -0.478 e.